The van der Waals surface area contributed by atoms with Crippen molar-refractivity contribution in [3.63, 3.8) is 0 Å². The number of alkyl carbamates (subject to hydrolysis) is 1. The fourth-order valence-corrected chi connectivity index (χ4v) is 6.75. The van der Waals surface area contributed by atoms with Crippen LogP contribution in [-0.2, 0) is 23.8 Å². The molecular weight excluding hydrogens is 652 g/mol. The Bertz CT molecular complexity index is 790. The largest absolute Gasteiger partial charge is 0.466 e. The number of carbonyl (C=O) groups excluding carboxylic acids is 3. The van der Waals surface area contributed by atoms with Crippen molar-refractivity contribution in [1.82, 2.24) is 10.2 Å². The predicted molar refractivity (Wildman–Crippen MR) is 218 cm³/mol. The molecule has 8 nitrogen and oxygen atoms in total. The second kappa shape index (κ2) is 38.9. The van der Waals surface area contributed by atoms with Gasteiger partial charge in [-0.05, 0) is 64.1 Å². The Morgan fingerprint density at radius 3 is 1.48 bits per heavy atom. The molecule has 0 aromatic rings. The normalized spacial score (nSPS) is 12.0. The van der Waals surface area contributed by atoms with E-state index >= 15 is 0 Å². The van der Waals surface area contributed by atoms with Crippen molar-refractivity contribution in [3.8, 4) is 0 Å². The zero-order valence-electron chi connectivity index (χ0n) is 35.1. The lowest BCUT2D eigenvalue weighted by Crippen LogP contribution is -2.31. The summed E-state index contributed by atoms with van der Waals surface area (Å²) >= 11 is 0. The second-order valence-corrected chi connectivity index (χ2v) is 15.1. The highest BCUT2D eigenvalue weighted by molar-refractivity contribution is 5.72. The Morgan fingerprint density at radius 1 is 0.519 bits per heavy atom. The number of nitrogens with zero attached hydrogens (tertiary/aromatic N) is 1. The summed E-state index contributed by atoms with van der Waals surface area (Å²) in [5.74, 6) is -0.353. The molecule has 1 amide bonds. The van der Waals surface area contributed by atoms with E-state index in [2.05, 4.69) is 44.8 Å². The van der Waals surface area contributed by atoms with Crippen LogP contribution in [0.2, 0.25) is 0 Å². The number of rotatable bonds is 39. The third kappa shape index (κ3) is 32.8. The van der Waals surface area contributed by atoms with E-state index in [4.69, 9.17) is 14.2 Å². The van der Waals surface area contributed by atoms with E-state index in [-0.39, 0.29) is 43.6 Å². The van der Waals surface area contributed by atoms with Crippen LogP contribution in [0.5, 0.6) is 0 Å². The van der Waals surface area contributed by atoms with E-state index in [1.54, 1.807) is 0 Å². The molecule has 0 aromatic carbocycles. The molecule has 0 aliphatic carbocycles. The first kappa shape index (κ1) is 50.2. The van der Waals surface area contributed by atoms with Gasteiger partial charge >= 0.3 is 18.0 Å². The topological polar surface area (TPSA) is 94.2 Å². The predicted octanol–water partition coefficient (Wildman–Crippen LogP) is 12.0. The molecule has 308 valence electrons. The number of amides is 1. The summed E-state index contributed by atoms with van der Waals surface area (Å²) in [7, 11) is 0. The smallest absolute Gasteiger partial charge is 0.407 e. The molecule has 1 N–H and O–H groups in total. The van der Waals surface area contributed by atoms with Crippen LogP contribution in [0.25, 0.3) is 0 Å². The van der Waals surface area contributed by atoms with E-state index in [9.17, 15) is 14.4 Å². The minimum absolute atomic E-state index is 0.0452. The molecule has 0 heterocycles. The lowest BCUT2D eigenvalue weighted by Gasteiger charge is -2.20. The number of hydrogen-bond acceptors (Lipinski definition) is 7. The monoisotopic (exact) mass is 739 g/mol. The van der Waals surface area contributed by atoms with Crippen molar-refractivity contribution < 1.29 is 28.6 Å². The average Bonchev–Trinajstić information content (AvgIpc) is 3.14. The van der Waals surface area contributed by atoms with Gasteiger partial charge in [0.1, 0.15) is 0 Å². The Morgan fingerprint density at radius 2 is 0.981 bits per heavy atom. The molecule has 1 atom stereocenters. The van der Waals surface area contributed by atoms with Crippen LogP contribution >= 0.6 is 0 Å². The molecular formula is C44H86N2O6. The Labute approximate surface area is 322 Å². The summed E-state index contributed by atoms with van der Waals surface area (Å²) in [5.41, 5.74) is 0. The van der Waals surface area contributed by atoms with Crippen LogP contribution in [-0.4, -0.2) is 68.9 Å². The van der Waals surface area contributed by atoms with Gasteiger partial charge in [-0.15, -0.1) is 0 Å². The highest BCUT2D eigenvalue weighted by atomic mass is 16.6. The van der Waals surface area contributed by atoms with Gasteiger partial charge in [0.25, 0.3) is 0 Å². The molecule has 0 spiro atoms. The maximum absolute atomic E-state index is 13.3. The zero-order chi connectivity index (χ0) is 38.3. The molecule has 0 aromatic heterocycles. The SMILES string of the molecule is CCCCCCCCCCCC(=O)OCCC(CCOC(=O)C(CCCCCCCC)CCCCCCCC)COC(=O)NCCCN(CC)CC. The van der Waals surface area contributed by atoms with E-state index < -0.39 is 6.09 Å². The molecule has 0 bridgehead atoms. The van der Waals surface area contributed by atoms with Gasteiger partial charge in [-0.1, -0.05) is 163 Å². The van der Waals surface area contributed by atoms with Crippen molar-refractivity contribution >= 4 is 18.0 Å². The van der Waals surface area contributed by atoms with Crippen LogP contribution in [0.4, 0.5) is 4.79 Å². The van der Waals surface area contributed by atoms with Crippen molar-refractivity contribution in [2.75, 3.05) is 46.0 Å². The highest BCUT2D eigenvalue weighted by Crippen LogP contribution is 2.22. The van der Waals surface area contributed by atoms with Gasteiger partial charge in [-0.2, -0.15) is 0 Å². The van der Waals surface area contributed by atoms with Crippen LogP contribution in [0, 0.1) is 11.8 Å². The summed E-state index contributed by atoms with van der Waals surface area (Å²) in [6.45, 7) is 15.3. The number of unbranched alkanes of at least 4 members (excludes halogenated alkanes) is 18. The van der Waals surface area contributed by atoms with E-state index in [1.807, 2.05) is 0 Å². The third-order valence-electron chi connectivity index (χ3n) is 10.5. The number of nitrogens with one attached hydrogen (secondary N) is 1. The quantitative estimate of drug-likeness (QED) is 0.0381. The molecule has 0 rings (SSSR count). The first-order chi connectivity index (χ1) is 25.4. The molecule has 0 saturated carbocycles. The number of hydrogen-bond donors (Lipinski definition) is 1. The molecule has 0 aliphatic heterocycles. The Kier molecular flexibility index (Phi) is 37.5. The van der Waals surface area contributed by atoms with Crippen LogP contribution in [0.3, 0.4) is 0 Å². The standard InChI is InChI=1S/C44H86N2O6/c1-6-11-14-17-20-21-22-25-28-32-42(47)50-37-33-40(39-52-44(49)45-35-29-36-46(9-4)10-5)34-38-51-43(48)41(30-26-23-18-15-12-7-2)31-27-24-19-16-13-8-3/h40-41H,6-39H2,1-5H3,(H,45,49). The summed E-state index contributed by atoms with van der Waals surface area (Å²) in [5, 5.41) is 2.87. The molecule has 8 heteroatoms. The maximum atomic E-state index is 13.3. The lowest BCUT2D eigenvalue weighted by atomic mass is 9.94. The van der Waals surface area contributed by atoms with Gasteiger partial charge in [-0.3, -0.25) is 9.59 Å². The molecule has 0 aliphatic rings. The summed E-state index contributed by atoms with van der Waals surface area (Å²) in [6.07, 6.45) is 29.3. The lowest BCUT2D eigenvalue weighted by molar-refractivity contribution is -0.149. The number of esters is 2. The Balaban J connectivity index is 4.88. The van der Waals surface area contributed by atoms with Crippen LogP contribution in [0.1, 0.15) is 208 Å². The summed E-state index contributed by atoms with van der Waals surface area (Å²) in [4.78, 5) is 40.6. The van der Waals surface area contributed by atoms with E-state index in [0.29, 0.717) is 25.8 Å². The van der Waals surface area contributed by atoms with Gasteiger partial charge in [0.15, 0.2) is 0 Å². The number of carbonyl (C=O) groups is 3. The average molecular weight is 739 g/mol. The van der Waals surface area contributed by atoms with Crippen LogP contribution in [0.15, 0.2) is 0 Å². The van der Waals surface area contributed by atoms with Gasteiger partial charge in [0.2, 0.25) is 0 Å². The minimum Gasteiger partial charge on any atom is -0.466 e. The minimum atomic E-state index is -0.429. The fourth-order valence-electron chi connectivity index (χ4n) is 6.75. The molecule has 0 saturated heterocycles. The van der Waals surface area contributed by atoms with Gasteiger partial charge < -0.3 is 24.4 Å². The van der Waals surface area contributed by atoms with E-state index in [0.717, 1.165) is 64.6 Å². The molecule has 0 radical (unpaired) electrons. The van der Waals surface area contributed by atoms with Gasteiger partial charge in [0, 0.05) is 13.0 Å². The van der Waals surface area contributed by atoms with Crippen molar-refractivity contribution in [2.45, 2.75) is 208 Å². The Hall–Kier alpha value is -1.83. The second-order valence-electron chi connectivity index (χ2n) is 15.1. The highest BCUT2D eigenvalue weighted by Gasteiger charge is 2.21. The summed E-state index contributed by atoms with van der Waals surface area (Å²) in [6, 6.07) is 0. The van der Waals surface area contributed by atoms with Crippen molar-refractivity contribution in [2.24, 2.45) is 11.8 Å². The van der Waals surface area contributed by atoms with Crippen molar-refractivity contribution in [1.29, 1.82) is 0 Å². The fraction of sp³-hybridized carbons (Fsp3) is 0.932. The third-order valence-corrected chi connectivity index (χ3v) is 10.5. The zero-order valence-corrected chi connectivity index (χ0v) is 35.1. The van der Waals surface area contributed by atoms with Gasteiger partial charge in [-0.25, -0.2) is 4.79 Å². The molecule has 52 heavy (non-hydrogen) atoms. The number of ether oxygens (including phenoxy) is 3. The van der Waals surface area contributed by atoms with Gasteiger partial charge in [0.05, 0.1) is 25.7 Å². The molecule has 1 unspecified atom stereocenters. The van der Waals surface area contributed by atoms with Crippen molar-refractivity contribution in [3.05, 3.63) is 0 Å². The van der Waals surface area contributed by atoms with E-state index in [1.165, 1.54) is 109 Å². The first-order valence-corrected chi connectivity index (χ1v) is 22.4. The summed E-state index contributed by atoms with van der Waals surface area (Å²) < 4.78 is 17.1. The van der Waals surface area contributed by atoms with Crippen LogP contribution < -0.4 is 5.32 Å². The molecule has 0 fully saturated rings. The first-order valence-electron chi connectivity index (χ1n) is 22.4. The maximum Gasteiger partial charge on any atom is 0.407 e.